The summed E-state index contributed by atoms with van der Waals surface area (Å²) in [6.07, 6.45) is 5.35. The van der Waals surface area contributed by atoms with Gasteiger partial charge in [0.05, 0.1) is 11.4 Å². The van der Waals surface area contributed by atoms with Crippen molar-refractivity contribution in [2.75, 3.05) is 0 Å². The molecule has 4 rings (SSSR count). The molecule has 0 fully saturated rings. The lowest BCUT2D eigenvalue weighted by atomic mass is 10.2. The maximum absolute atomic E-state index is 4.66. The Morgan fingerprint density at radius 3 is 2.62 bits per heavy atom. The summed E-state index contributed by atoms with van der Waals surface area (Å²) in [7, 11) is 0. The fourth-order valence-corrected chi connectivity index (χ4v) is 3.01. The van der Waals surface area contributed by atoms with Crippen LogP contribution in [0.4, 0.5) is 0 Å². The van der Waals surface area contributed by atoms with Crippen LogP contribution in [0.25, 0.3) is 32.3 Å². The Balaban J connectivity index is 1.82. The summed E-state index contributed by atoms with van der Waals surface area (Å²) in [5.41, 5.74) is 3.65. The lowest BCUT2D eigenvalue weighted by Crippen LogP contribution is -1.85. The largest absolute Gasteiger partial charge is 0.264 e. The van der Waals surface area contributed by atoms with E-state index in [1.165, 1.54) is 0 Å². The van der Waals surface area contributed by atoms with E-state index in [1.807, 2.05) is 48.7 Å². The highest BCUT2D eigenvalue weighted by molar-refractivity contribution is 7.21. The van der Waals surface area contributed by atoms with Gasteiger partial charge in [0.1, 0.15) is 15.4 Å². The number of pyridine rings is 3. The summed E-state index contributed by atoms with van der Waals surface area (Å²) in [5, 5.41) is 0.934. The van der Waals surface area contributed by atoms with Crippen LogP contribution in [-0.4, -0.2) is 19.9 Å². The average Bonchev–Trinajstić information content (AvgIpc) is 2.99. The average molecular weight is 290 g/mol. The molecule has 21 heavy (non-hydrogen) atoms. The highest BCUT2D eigenvalue weighted by Crippen LogP contribution is 2.29. The number of nitrogens with zero attached hydrogens (tertiary/aromatic N) is 4. The molecule has 5 heteroatoms. The van der Waals surface area contributed by atoms with Gasteiger partial charge in [0.2, 0.25) is 0 Å². The Hall–Kier alpha value is -2.66. The van der Waals surface area contributed by atoms with E-state index in [1.54, 1.807) is 23.7 Å². The van der Waals surface area contributed by atoms with Crippen molar-refractivity contribution < 1.29 is 0 Å². The summed E-state index contributed by atoms with van der Waals surface area (Å²) < 4.78 is 0. The maximum Gasteiger partial charge on any atom is 0.144 e. The van der Waals surface area contributed by atoms with E-state index in [0.29, 0.717) is 0 Å². The van der Waals surface area contributed by atoms with Gasteiger partial charge in [0.15, 0.2) is 0 Å². The van der Waals surface area contributed by atoms with Crippen molar-refractivity contribution in [1.29, 1.82) is 0 Å². The van der Waals surface area contributed by atoms with E-state index in [4.69, 9.17) is 0 Å². The Kier molecular flexibility index (Phi) is 2.90. The monoisotopic (exact) mass is 290 g/mol. The second-order valence-corrected chi connectivity index (χ2v) is 5.47. The molecule has 0 radical (unpaired) electrons. The van der Waals surface area contributed by atoms with Crippen molar-refractivity contribution >= 4 is 21.7 Å². The third-order valence-electron chi connectivity index (χ3n) is 3.09. The van der Waals surface area contributed by atoms with E-state index < -0.39 is 0 Å². The lowest BCUT2D eigenvalue weighted by Gasteiger charge is -1.98. The van der Waals surface area contributed by atoms with E-state index in [0.717, 1.165) is 32.3 Å². The molecule has 0 saturated heterocycles. The topological polar surface area (TPSA) is 51.6 Å². The molecule has 0 saturated carbocycles. The van der Waals surface area contributed by atoms with Crippen LogP contribution >= 0.6 is 11.3 Å². The first-order valence-electron chi connectivity index (χ1n) is 6.49. The van der Waals surface area contributed by atoms with Crippen LogP contribution in [0.3, 0.4) is 0 Å². The Morgan fingerprint density at radius 2 is 1.81 bits per heavy atom. The summed E-state index contributed by atoms with van der Waals surface area (Å²) in [4.78, 5) is 18.7. The molecule has 100 valence electrons. The standard InChI is InChI=1S/C16H10N4S/c1-2-9-18-12(5-1)13-6-7-14-16(19-13)21-15(20-14)11-4-3-8-17-10-11/h1-10H. The van der Waals surface area contributed by atoms with Crippen LogP contribution in [-0.2, 0) is 0 Å². The van der Waals surface area contributed by atoms with Gasteiger partial charge in [-0.05, 0) is 36.4 Å². The third-order valence-corrected chi connectivity index (χ3v) is 4.11. The molecule has 4 aromatic heterocycles. The summed E-state index contributed by atoms with van der Waals surface area (Å²) in [5.74, 6) is 0. The number of thiazole rings is 1. The first-order valence-corrected chi connectivity index (χ1v) is 7.31. The minimum absolute atomic E-state index is 0.865. The third kappa shape index (κ3) is 2.28. The van der Waals surface area contributed by atoms with Gasteiger partial charge in [-0.15, -0.1) is 0 Å². The van der Waals surface area contributed by atoms with Gasteiger partial charge < -0.3 is 0 Å². The van der Waals surface area contributed by atoms with Crippen LogP contribution in [0.1, 0.15) is 0 Å². The molecule has 4 aromatic rings. The molecular formula is C16H10N4S. The normalized spacial score (nSPS) is 10.9. The lowest BCUT2D eigenvalue weighted by molar-refractivity contribution is 1.28. The van der Waals surface area contributed by atoms with Crippen molar-refractivity contribution in [3.63, 3.8) is 0 Å². The second-order valence-electron chi connectivity index (χ2n) is 4.50. The zero-order valence-electron chi connectivity index (χ0n) is 11.0. The molecule has 4 nitrogen and oxygen atoms in total. The second kappa shape index (κ2) is 5.03. The summed E-state index contributed by atoms with van der Waals surface area (Å²) >= 11 is 1.57. The van der Waals surface area contributed by atoms with Crippen molar-refractivity contribution in [1.82, 2.24) is 19.9 Å². The molecule has 0 aromatic carbocycles. The van der Waals surface area contributed by atoms with Crippen LogP contribution in [0, 0.1) is 0 Å². The fraction of sp³-hybridized carbons (Fsp3) is 0. The number of aromatic nitrogens is 4. The van der Waals surface area contributed by atoms with Gasteiger partial charge in [-0.25, -0.2) is 9.97 Å². The van der Waals surface area contributed by atoms with E-state index in [9.17, 15) is 0 Å². The first kappa shape index (κ1) is 12.1. The van der Waals surface area contributed by atoms with Gasteiger partial charge in [0.25, 0.3) is 0 Å². The Labute approximate surface area is 125 Å². The van der Waals surface area contributed by atoms with Crippen molar-refractivity contribution in [3.8, 4) is 22.0 Å². The maximum atomic E-state index is 4.66. The van der Waals surface area contributed by atoms with Crippen LogP contribution in [0.5, 0.6) is 0 Å². The van der Waals surface area contributed by atoms with E-state index >= 15 is 0 Å². The number of hydrogen-bond donors (Lipinski definition) is 0. The van der Waals surface area contributed by atoms with Crippen LogP contribution in [0.15, 0.2) is 61.1 Å². The van der Waals surface area contributed by atoms with Gasteiger partial charge in [0, 0.05) is 24.2 Å². The molecule has 0 spiro atoms. The van der Waals surface area contributed by atoms with E-state index in [-0.39, 0.29) is 0 Å². The predicted octanol–water partition coefficient (Wildman–Crippen LogP) is 3.82. The number of rotatable bonds is 2. The summed E-state index contributed by atoms with van der Waals surface area (Å²) in [6, 6.07) is 13.7. The fourth-order valence-electron chi connectivity index (χ4n) is 2.09. The zero-order chi connectivity index (χ0) is 14.1. The van der Waals surface area contributed by atoms with Gasteiger partial charge in [-0.2, -0.15) is 0 Å². The molecular weight excluding hydrogens is 280 g/mol. The molecule has 0 N–H and O–H groups in total. The summed E-state index contributed by atoms with van der Waals surface area (Å²) in [6.45, 7) is 0. The molecule has 0 amide bonds. The van der Waals surface area contributed by atoms with Crippen molar-refractivity contribution in [3.05, 3.63) is 61.1 Å². The predicted molar refractivity (Wildman–Crippen MR) is 83.9 cm³/mol. The SMILES string of the molecule is c1ccc(-c2ccc3nc(-c4cccnc4)sc3n2)nc1. The highest BCUT2D eigenvalue weighted by atomic mass is 32.1. The first-order chi connectivity index (χ1) is 10.4. The molecule has 0 aliphatic rings. The Morgan fingerprint density at radius 1 is 0.810 bits per heavy atom. The van der Waals surface area contributed by atoms with Crippen molar-refractivity contribution in [2.45, 2.75) is 0 Å². The number of fused-ring (bicyclic) bond motifs is 1. The zero-order valence-corrected chi connectivity index (χ0v) is 11.8. The van der Waals surface area contributed by atoms with Crippen molar-refractivity contribution in [2.24, 2.45) is 0 Å². The molecule has 4 heterocycles. The van der Waals surface area contributed by atoms with Gasteiger partial charge in [-0.1, -0.05) is 17.4 Å². The minimum atomic E-state index is 0.865. The highest BCUT2D eigenvalue weighted by Gasteiger charge is 2.09. The molecule has 0 aliphatic carbocycles. The minimum Gasteiger partial charge on any atom is -0.264 e. The Bertz CT molecular complexity index is 850. The van der Waals surface area contributed by atoms with Crippen LogP contribution in [0.2, 0.25) is 0 Å². The van der Waals surface area contributed by atoms with E-state index in [2.05, 4.69) is 19.9 Å². The smallest absolute Gasteiger partial charge is 0.144 e. The number of hydrogen-bond acceptors (Lipinski definition) is 5. The van der Waals surface area contributed by atoms with Crippen LogP contribution < -0.4 is 0 Å². The van der Waals surface area contributed by atoms with Gasteiger partial charge in [-0.3, -0.25) is 9.97 Å². The molecule has 0 aliphatic heterocycles. The molecule has 0 unspecified atom stereocenters. The van der Waals surface area contributed by atoms with Gasteiger partial charge >= 0.3 is 0 Å². The molecule has 0 atom stereocenters. The quantitative estimate of drug-likeness (QED) is 0.563. The molecule has 0 bridgehead atoms.